The average Bonchev–Trinajstić information content (AvgIpc) is 3.74. The number of rotatable bonds is 28. The highest BCUT2D eigenvalue weighted by atomic mass is 32.2. The molecule has 25 heteroatoms. The van der Waals surface area contributed by atoms with Crippen LogP contribution >= 0.6 is 11.8 Å². The highest BCUT2D eigenvalue weighted by molar-refractivity contribution is 7.98. The van der Waals surface area contributed by atoms with Gasteiger partial charge >= 0.3 is 5.97 Å². The van der Waals surface area contributed by atoms with Crippen LogP contribution in [0.15, 0.2) is 0 Å². The van der Waals surface area contributed by atoms with Crippen molar-refractivity contribution in [3.63, 3.8) is 0 Å². The molecule has 0 aromatic heterocycles. The quantitative estimate of drug-likeness (QED) is 0.0348. The van der Waals surface area contributed by atoms with E-state index in [1.807, 2.05) is 6.26 Å². The highest BCUT2D eigenvalue weighted by Gasteiger charge is 2.37. The fourth-order valence-corrected chi connectivity index (χ4v) is 6.64. The Labute approximate surface area is 370 Å². The van der Waals surface area contributed by atoms with Gasteiger partial charge in [0.1, 0.15) is 42.8 Å². The minimum Gasteiger partial charge on any atom is -0.480 e. The molecule has 0 radical (unpaired) electrons. The Morgan fingerprint density at radius 1 is 0.714 bits per heavy atom. The van der Waals surface area contributed by atoms with Crippen LogP contribution in [-0.4, -0.2) is 184 Å². The number of carbonyl (C=O) groups excluding carboxylic acids is 9. The number of aliphatic hydroxyl groups is 3. The Morgan fingerprint density at radius 3 is 1.83 bits per heavy atom. The second kappa shape index (κ2) is 28.6. The minimum atomic E-state index is -1.74. The third kappa shape index (κ3) is 19.4. The molecule has 1 heterocycles. The first kappa shape index (κ1) is 55.9. The van der Waals surface area contributed by atoms with Gasteiger partial charge in [-0.3, -0.25) is 47.9 Å². The van der Waals surface area contributed by atoms with Crippen molar-refractivity contribution in [2.45, 2.75) is 115 Å². The molecule has 358 valence electrons. The Balaban J connectivity index is 3.02. The standard InChI is InChI=1S/C38H66N10O14S/c1-7-20(4)30(46-35(59)25(18-50)43-27(52)14-40-32(56)22(39)10-12-63-6)37(61)44-23(13-19(2)3)34(58)47-31(21(5)51)38(62)45-24(17-49)33(57)41-15-28(53)48-11-8-9-26(48)36(60)42-16-29(54)55/h19-26,30-31,49-51H,7-18,39H2,1-6H3,(H,40,56)(H,41,57)(H,42,60)(H,43,52)(H,44,61)(H,45,62)(H,46,59)(H,47,58)(H,54,55)/t20-,21+,22-,23-,24-,25-,26-,30-,31-/m0/s1. The number of aliphatic hydroxyl groups excluding tert-OH is 3. The first-order valence-electron chi connectivity index (χ1n) is 20.6. The summed E-state index contributed by atoms with van der Waals surface area (Å²) in [6.07, 6.45) is 1.68. The fourth-order valence-electron chi connectivity index (χ4n) is 6.15. The monoisotopic (exact) mass is 918 g/mol. The highest BCUT2D eigenvalue weighted by Crippen LogP contribution is 2.17. The van der Waals surface area contributed by atoms with Crippen LogP contribution in [0.2, 0.25) is 0 Å². The van der Waals surface area contributed by atoms with Crippen molar-refractivity contribution in [1.29, 1.82) is 0 Å². The van der Waals surface area contributed by atoms with Gasteiger partial charge in [0.2, 0.25) is 53.2 Å². The number of amides is 9. The van der Waals surface area contributed by atoms with Gasteiger partial charge in [-0.25, -0.2) is 0 Å². The number of carboxylic acids is 1. The van der Waals surface area contributed by atoms with E-state index in [4.69, 9.17) is 10.8 Å². The van der Waals surface area contributed by atoms with E-state index in [1.165, 1.54) is 11.8 Å². The summed E-state index contributed by atoms with van der Waals surface area (Å²) in [6, 6.07) is -9.43. The van der Waals surface area contributed by atoms with E-state index >= 15 is 0 Å². The summed E-state index contributed by atoms with van der Waals surface area (Å²) in [7, 11) is 0. The number of carbonyl (C=O) groups is 10. The zero-order valence-electron chi connectivity index (χ0n) is 36.6. The molecule has 24 nitrogen and oxygen atoms in total. The molecule has 0 aromatic carbocycles. The number of nitrogens with two attached hydrogens (primary N) is 1. The van der Waals surface area contributed by atoms with Crippen molar-refractivity contribution >= 4 is 70.9 Å². The molecule has 0 unspecified atom stereocenters. The lowest BCUT2D eigenvalue weighted by Gasteiger charge is -2.30. The predicted molar refractivity (Wildman–Crippen MR) is 227 cm³/mol. The van der Waals surface area contributed by atoms with Crippen LogP contribution in [0.25, 0.3) is 0 Å². The van der Waals surface area contributed by atoms with Gasteiger partial charge in [0.05, 0.1) is 38.4 Å². The lowest BCUT2D eigenvalue weighted by atomic mass is 9.96. The van der Waals surface area contributed by atoms with Gasteiger partial charge in [-0.1, -0.05) is 34.1 Å². The second-order valence-electron chi connectivity index (χ2n) is 15.5. The number of nitrogens with zero attached hydrogens (tertiary/aromatic N) is 1. The molecule has 63 heavy (non-hydrogen) atoms. The fraction of sp³-hybridized carbons (Fsp3) is 0.737. The van der Waals surface area contributed by atoms with Gasteiger partial charge in [0.25, 0.3) is 0 Å². The van der Waals surface area contributed by atoms with Gasteiger partial charge in [-0.2, -0.15) is 11.8 Å². The molecule has 1 aliphatic rings. The normalized spacial score (nSPS) is 17.3. The van der Waals surface area contributed by atoms with Crippen molar-refractivity contribution in [2.75, 3.05) is 51.4 Å². The smallest absolute Gasteiger partial charge is 0.322 e. The number of nitrogens with one attached hydrogen (secondary N) is 8. The van der Waals surface area contributed by atoms with E-state index in [1.54, 1.807) is 27.7 Å². The molecular formula is C38H66N10O14S. The Bertz CT molecular complexity index is 1600. The van der Waals surface area contributed by atoms with Crippen LogP contribution in [0.3, 0.4) is 0 Å². The molecular weight excluding hydrogens is 853 g/mol. The average molecular weight is 919 g/mol. The van der Waals surface area contributed by atoms with Crippen LogP contribution in [0.5, 0.6) is 0 Å². The van der Waals surface area contributed by atoms with E-state index in [0.29, 0.717) is 25.0 Å². The Morgan fingerprint density at radius 2 is 1.27 bits per heavy atom. The largest absolute Gasteiger partial charge is 0.480 e. The molecule has 0 aromatic rings. The molecule has 9 atom stereocenters. The second-order valence-corrected chi connectivity index (χ2v) is 16.5. The third-order valence-electron chi connectivity index (χ3n) is 9.94. The van der Waals surface area contributed by atoms with Crippen LogP contribution < -0.4 is 48.3 Å². The van der Waals surface area contributed by atoms with E-state index in [0.717, 1.165) is 11.8 Å². The molecule has 0 aliphatic carbocycles. The van der Waals surface area contributed by atoms with Gasteiger partial charge < -0.3 is 73.6 Å². The molecule has 0 spiro atoms. The Kier molecular flexibility index (Phi) is 25.3. The molecule has 0 saturated carbocycles. The predicted octanol–water partition coefficient (Wildman–Crippen LogP) is -5.63. The van der Waals surface area contributed by atoms with Crippen molar-refractivity contribution in [1.82, 2.24) is 47.4 Å². The topological polar surface area (TPSA) is 377 Å². The molecule has 1 fully saturated rings. The van der Waals surface area contributed by atoms with Crippen LogP contribution in [0.4, 0.5) is 0 Å². The summed E-state index contributed by atoms with van der Waals surface area (Å²) >= 11 is 1.49. The maximum absolute atomic E-state index is 13.8. The third-order valence-corrected chi connectivity index (χ3v) is 10.6. The maximum Gasteiger partial charge on any atom is 0.322 e. The molecule has 1 saturated heterocycles. The van der Waals surface area contributed by atoms with Crippen molar-refractivity contribution in [2.24, 2.45) is 17.6 Å². The number of thioether (sulfide) groups is 1. The molecule has 14 N–H and O–H groups in total. The molecule has 9 amide bonds. The first-order chi connectivity index (χ1) is 29.6. The lowest BCUT2D eigenvalue weighted by molar-refractivity contribution is -0.141. The summed E-state index contributed by atoms with van der Waals surface area (Å²) < 4.78 is 0. The molecule has 1 aliphatic heterocycles. The zero-order chi connectivity index (χ0) is 48.0. The van der Waals surface area contributed by atoms with Crippen molar-refractivity contribution in [3.05, 3.63) is 0 Å². The van der Waals surface area contributed by atoms with Crippen LogP contribution in [0, 0.1) is 11.8 Å². The summed E-state index contributed by atoms with van der Waals surface area (Å²) in [5.74, 6) is -9.09. The van der Waals surface area contributed by atoms with Gasteiger partial charge in [-0.15, -0.1) is 0 Å². The summed E-state index contributed by atoms with van der Waals surface area (Å²) in [5.41, 5.74) is 5.80. The van der Waals surface area contributed by atoms with Crippen molar-refractivity contribution < 1.29 is 68.4 Å². The number of carboxylic acid groups (broad SMARTS) is 1. The van der Waals surface area contributed by atoms with Crippen molar-refractivity contribution in [3.8, 4) is 0 Å². The number of aliphatic carboxylic acids is 1. The number of hydrogen-bond donors (Lipinski definition) is 13. The van der Waals surface area contributed by atoms with Gasteiger partial charge in [0.15, 0.2) is 0 Å². The zero-order valence-corrected chi connectivity index (χ0v) is 37.4. The van der Waals surface area contributed by atoms with E-state index in [-0.39, 0.29) is 25.3 Å². The number of hydrogen-bond acceptors (Lipinski definition) is 15. The lowest BCUT2D eigenvalue weighted by Crippen LogP contribution is -2.62. The summed E-state index contributed by atoms with van der Waals surface area (Å²) in [4.78, 5) is 129. The minimum absolute atomic E-state index is 0.00364. The van der Waals surface area contributed by atoms with Crippen LogP contribution in [0.1, 0.15) is 66.7 Å². The van der Waals surface area contributed by atoms with E-state index in [9.17, 15) is 63.3 Å². The molecule has 0 bridgehead atoms. The van der Waals surface area contributed by atoms with E-state index in [2.05, 4.69) is 42.5 Å². The summed E-state index contributed by atoms with van der Waals surface area (Å²) in [6.45, 7) is 4.46. The Hall–Kier alpha value is -5.11. The number of likely N-dealkylation sites (tertiary alicyclic amines) is 1. The van der Waals surface area contributed by atoms with Gasteiger partial charge in [0, 0.05) is 6.54 Å². The van der Waals surface area contributed by atoms with Crippen LogP contribution in [-0.2, 0) is 47.9 Å². The van der Waals surface area contributed by atoms with Gasteiger partial charge in [-0.05, 0) is 56.5 Å². The first-order valence-corrected chi connectivity index (χ1v) is 22.0. The SMILES string of the molecule is CC[C@H](C)[C@H](NC(=O)[C@H](CO)NC(=O)CNC(=O)[C@@H](N)CCSC)C(=O)N[C@@H](CC(C)C)C(=O)N[C@H](C(=O)N[C@@H](CO)C(=O)NCC(=O)N1CCC[C@H]1C(=O)NCC(=O)O)[C@@H](C)O. The summed E-state index contributed by atoms with van der Waals surface area (Å²) in [5, 5.41) is 57.9. The van der Waals surface area contributed by atoms with E-state index < -0.39 is 146 Å². The maximum atomic E-state index is 13.8. The molecule has 1 rings (SSSR count).